The molecule has 0 unspecified atom stereocenters. The number of aromatic nitrogens is 4. The van der Waals surface area contributed by atoms with Crippen LogP contribution < -0.4 is 10.6 Å². The van der Waals surface area contributed by atoms with Gasteiger partial charge in [0.1, 0.15) is 5.69 Å². The normalized spacial score (nSPS) is 14.1. The Bertz CT molecular complexity index is 1200. The van der Waals surface area contributed by atoms with Crippen LogP contribution in [0.2, 0.25) is 0 Å². The van der Waals surface area contributed by atoms with E-state index < -0.39 is 5.91 Å². The summed E-state index contributed by atoms with van der Waals surface area (Å²) >= 11 is 0. The van der Waals surface area contributed by atoms with Gasteiger partial charge >= 0.3 is 0 Å². The van der Waals surface area contributed by atoms with Gasteiger partial charge in [0.2, 0.25) is 23.6 Å². The van der Waals surface area contributed by atoms with Crippen molar-refractivity contribution in [3.05, 3.63) is 41.8 Å². The van der Waals surface area contributed by atoms with E-state index in [0.29, 0.717) is 40.4 Å². The lowest BCUT2D eigenvalue weighted by Gasteiger charge is -2.13. The predicted octanol–water partition coefficient (Wildman–Crippen LogP) is 2.58. The Morgan fingerprint density at radius 1 is 1.22 bits per heavy atom. The molecule has 0 atom stereocenters. The van der Waals surface area contributed by atoms with Crippen LogP contribution >= 0.6 is 0 Å². The van der Waals surface area contributed by atoms with Gasteiger partial charge in [-0.1, -0.05) is 23.4 Å². The maximum atomic E-state index is 12.1. The highest BCUT2D eigenvalue weighted by Gasteiger charge is 2.31. The van der Waals surface area contributed by atoms with Gasteiger partial charge in [0, 0.05) is 25.4 Å². The number of carbonyl (C=O) groups is 1. The van der Waals surface area contributed by atoms with Crippen LogP contribution in [0.25, 0.3) is 27.9 Å². The number of primary amides is 1. The molecule has 0 saturated heterocycles. The SMILES string of the molecule is CN(C)c1nc(-c2noc(C3CC3)n2)c2cc(C(N)=O)c3ccccc3n12. The predicted molar refractivity (Wildman–Crippen MR) is 101 cm³/mol. The number of benzene rings is 1. The number of hydrogen-bond acceptors (Lipinski definition) is 6. The summed E-state index contributed by atoms with van der Waals surface area (Å²) < 4.78 is 7.40. The topological polar surface area (TPSA) is 103 Å². The van der Waals surface area contributed by atoms with Gasteiger partial charge in [-0.15, -0.1) is 0 Å². The molecule has 0 spiro atoms. The number of rotatable bonds is 4. The van der Waals surface area contributed by atoms with E-state index in [0.717, 1.165) is 23.7 Å². The Labute approximate surface area is 154 Å². The minimum Gasteiger partial charge on any atom is -0.366 e. The first kappa shape index (κ1) is 15.8. The van der Waals surface area contributed by atoms with Gasteiger partial charge in [-0.05, 0) is 25.0 Å². The Kier molecular flexibility index (Phi) is 3.24. The van der Waals surface area contributed by atoms with Crippen LogP contribution in [0.1, 0.15) is 35.0 Å². The van der Waals surface area contributed by atoms with Crippen molar-refractivity contribution in [2.24, 2.45) is 5.73 Å². The van der Waals surface area contributed by atoms with Crippen molar-refractivity contribution in [3.63, 3.8) is 0 Å². The smallest absolute Gasteiger partial charge is 0.249 e. The van der Waals surface area contributed by atoms with Crippen LogP contribution in [0.15, 0.2) is 34.9 Å². The molecule has 1 fully saturated rings. The molecule has 0 radical (unpaired) electrons. The lowest BCUT2D eigenvalue weighted by molar-refractivity contribution is 0.100. The molecule has 3 aromatic heterocycles. The third kappa shape index (κ3) is 2.37. The van der Waals surface area contributed by atoms with E-state index in [1.54, 1.807) is 6.07 Å². The zero-order valence-corrected chi connectivity index (χ0v) is 15.0. The van der Waals surface area contributed by atoms with Crippen molar-refractivity contribution in [1.29, 1.82) is 0 Å². The maximum Gasteiger partial charge on any atom is 0.249 e. The van der Waals surface area contributed by atoms with Crippen LogP contribution in [-0.2, 0) is 0 Å². The number of nitrogens with zero attached hydrogens (tertiary/aromatic N) is 5. The van der Waals surface area contributed by atoms with E-state index in [1.165, 1.54) is 0 Å². The Morgan fingerprint density at radius 3 is 2.70 bits per heavy atom. The number of anilines is 1. The van der Waals surface area contributed by atoms with Crippen molar-refractivity contribution in [1.82, 2.24) is 19.5 Å². The van der Waals surface area contributed by atoms with Gasteiger partial charge in [-0.25, -0.2) is 4.98 Å². The summed E-state index contributed by atoms with van der Waals surface area (Å²) in [5.74, 6) is 1.65. The van der Waals surface area contributed by atoms with Gasteiger partial charge in [0.15, 0.2) is 0 Å². The molecule has 1 saturated carbocycles. The number of pyridine rings is 1. The monoisotopic (exact) mass is 362 g/mol. The second kappa shape index (κ2) is 5.54. The summed E-state index contributed by atoms with van der Waals surface area (Å²) in [7, 11) is 3.84. The van der Waals surface area contributed by atoms with Crippen molar-refractivity contribution in [3.8, 4) is 11.5 Å². The molecule has 8 heteroatoms. The quantitative estimate of drug-likeness (QED) is 0.598. The minimum absolute atomic E-state index is 0.357. The fourth-order valence-corrected chi connectivity index (χ4v) is 3.40. The van der Waals surface area contributed by atoms with E-state index in [1.807, 2.05) is 47.7 Å². The van der Waals surface area contributed by atoms with Gasteiger partial charge in [-0.2, -0.15) is 4.98 Å². The number of nitrogens with two attached hydrogens (primary N) is 1. The van der Waals surface area contributed by atoms with Crippen LogP contribution in [0, 0.1) is 0 Å². The second-order valence-electron chi connectivity index (χ2n) is 7.05. The van der Waals surface area contributed by atoms with Crippen molar-refractivity contribution in [2.75, 3.05) is 19.0 Å². The molecule has 5 rings (SSSR count). The first-order valence-corrected chi connectivity index (χ1v) is 8.80. The number of carbonyl (C=O) groups excluding carboxylic acids is 1. The lowest BCUT2D eigenvalue weighted by Crippen LogP contribution is -2.15. The summed E-state index contributed by atoms with van der Waals surface area (Å²) in [5.41, 5.74) is 8.22. The highest BCUT2D eigenvalue weighted by Crippen LogP contribution is 2.40. The molecule has 1 amide bonds. The molecule has 1 aliphatic carbocycles. The van der Waals surface area contributed by atoms with Crippen LogP contribution in [-0.4, -0.2) is 39.5 Å². The van der Waals surface area contributed by atoms with E-state index in [4.69, 9.17) is 15.2 Å². The van der Waals surface area contributed by atoms with Crippen LogP contribution in [0.5, 0.6) is 0 Å². The van der Waals surface area contributed by atoms with Gasteiger partial charge < -0.3 is 15.2 Å². The fourth-order valence-electron chi connectivity index (χ4n) is 3.40. The summed E-state index contributed by atoms with van der Waals surface area (Å²) in [6, 6.07) is 9.39. The average Bonchev–Trinajstić information content (AvgIpc) is 3.25. The standard InChI is InChI=1S/C19H18N6O2/c1-24(2)19-21-15(17-22-18(27-23-17)10-7-8-10)14-9-12(16(20)26)11-5-3-4-6-13(11)25(14)19/h3-6,9-10H,7-8H2,1-2H3,(H2,20,26). The zero-order chi connectivity index (χ0) is 18.7. The Morgan fingerprint density at radius 2 is 2.00 bits per heavy atom. The molecule has 8 nitrogen and oxygen atoms in total. The number of para-hydroxylation sites is 1. The summed E-state index contributed by atoms with van der Waals surface area (Å²) in [6.07, 6.45) is 2.15. The molecule has 0 aliphatic heterocycles. The molecule has 1 aromatic carbocycles. The van der Waals surface area contributed by atoms with E-state index in [9.17, 15) is 4.79 Å². The first-order chi connectivity index (χ1) is 13.0. The molecule has 1 aliphatic rings. The Balaban J connectivity index is 1.87. The summed E-state index contributed by atoms with van der Waals surface area (Å²) in [5, 5.41) is 4.90. The zero-order valence-electron chi connectivity index (χ0n) is 15.0. The number of fused-ring (bicyclic) bond motifs is 3. The first-order valence-electron chi connectivity index (χ1n) is 8.80. The van der Waals surface area contributed by atoms with E-state index in [-0.39, 0.29) is 0 Å². The summed E-state index contributed by atoms with van der Waals surface area (Å²) in [6.45, 7) is 0. The van der Waals surface area contributed by atoms with Crippen molar-refractivity contribution < 1.29 is 9.32 Å². The fraction of sp³-hybridized carbons (Fsp3) is 0.263. The molecule has 4 aromatic rings. The highest BCUT2D eigenvalue weighted by atomic mass is 16.5. The molecule has 27 heavy (non-hydrogen) atoms. The minimum atomic E-state index is -0.487. The third-order valence-electron chi connectivity index (χ3n) is 4.86. The molecular weight excluding hydrogens is 344 g/mol. The molecule has 0 bridgehead atoms. The lowest BCUT2D eigenvalue weighted by atomic mass is 10.1. The van der Waals surface area contributed by atoms with Gasteiger partial charge in [-0.3, -0.25) is 9.20 Å². The van der Waals surface area contributed by atoms with E-state index >= 15 is 0 Å². The summed E-state index contributed by atoms with van der Waals surface area (Å²) in [4.78, 5) is 23.3. The maximum absolute atomic E-state index is 12.1. The molecule has 2 N–H and O–H groups in total. The molecular formula is C19H18N6O2. The van der Waals surface area contributed by atoms with Gasteiger partial charge in [0.05, 0.1) is 16.6 Å². The largest absolute Gasteiger partial charge is 0.366 e. The van der Waals surface area contributed by atoms with Crippen molar-refractivity contribution >= 4 is 28.3 Å². The number of amides is 1. The molecule has 136 valence electrons. The van der Waals surface area contributed by atoms with Crippen molar-refractivity contribution in [2.45, 2.75) is 18.8 Å². The average molecular weight is 362 g/mol. The number of hydrogen-bond donors (Lipinski definition) is 1. The highest BCUT2D eigenvalue weighted by molar-refractivity contribution is 6.08. The Hall–Kier alpha value is -3.42. The van der Waals surface area contributed by atoms with E-state index in [2.05, 4.69) is 10.1 Å². The third-order valence-corrected chi connectivity index (χ3v) is 4.86. The number of imidazole rings is 1. The van der Waals surface area contributed by atoms with Gasteiger partial charge in [0.25, 0.3) is 0 Å². The molecule has 3 heterocycles. The van der Waals surface area contributed by atoms with Crippen LogP contribution in [0.3, 0.4) is 0 Å². The second-order valence-corrected chi connectivity index (χ2v) is 7.05. The van der Waals surface area contributed by atoms with Crippen LogP contribution in [0.4, 0.5) is 5.95 Å².